The van der Waals surface area contributed by atoms with Gasteiger partial charge in [-0.05, 0) is 0 Å². The van der Waals surface area contributed by atoms with E-state index in [0.717, 1.165) is 6.08 Å². The van der Waals surface area contributed by atoms with E-state index in [9.17, 15) is 4.79 Å². The van der Waals surface area contributed by atoms with E-state index in [2.05, 4.69) is 4.74 Å². The Kier molecular flexibility index (Phi) is 1.31. The van der Waals surface area contributed by atoms with Gasteiger partial charge in [0.2, 0.25) is 0 Å². The summed E-state index contributed by atoms with van der Waals surface area (Å²) < 4.78 is 9.52. The second-order valence-electron chi connectivity index (χ2n) is 2.43. The highest BCUT2D eigenvalue weighted by atomic mass is 16.8. The molecular formula is C6H9O4+. The Bertz CT molecular complexity index is 192. The van der Waals surface area contributed by atoms with Crippen LogP contribution in [0.1, 0.15) is 13.8 Å². The quantitative estimate of drug-likeness (QED) is 0.352. The van der Waals surface area contributed by atoms with E-state index >= 15 is 0 Å². The first kappa shape index (κ1) is 6.92. The third-order valence-electron chi connectivity index (χ3n) is 0.951. The average Bonchev–Trinajstić information content (AvgIpc) is 1.54. The third kappa shape index (κ3) is 1.40. The number of ether oxygens (including phenoxy) is 2. The van der Waals surface area contributed by atoms with Crippen molar-refractivity contribution in [3.8, 4) is 0 Å². The van der Waals surface area contributed by atoms with Crippen LogP contribution in [0.5, 0.6) is 0 Å². The van der Waals surface area contributed by atoms with E-state index in [1.807, 2.05) is 0 Å². The summed E-state index contributed by atoms with van der Waals surface area (Å²) in [5.74, 6) is -1.66. The zero-order chi connectivity index (χ0) is 7.78. The first-order chi connectivity index (χ1) is 4.49. The third-order valence-corrected chi connectivity index (χ3v) is 0.951. The van der Waals surface area contributed by atoms with Crippen LogP contribution in [0.25, 0.3) is 0 Å². The van der Waals surface area contributed by atoms with Crippen molar-refractivity contribution in [1.82, 2.24) is 0 Å². The molecule has 10 heavy (non-hydrogen) atoms. The fraction of sp³-hybridized carbons (Fsp3) is 0.500. The van der Waals surface area contributed by atoms with Gasteiger partial charge in [-0.2, -0.15) is 0 Å². The summed E-state index contributed by atoms with van der Waals surface area (Å²) in [6, 6.07) is 0. The summed E-state index contributed by atoms with van der Waals surface area (Å²) in [4.78, 5) is 10.6. The number of carbonyl (C=O) groups is 1. The highest BCUT2D eigenvalue weighted by Crippen LogP contribution is 2.19. The van der Waals surface area contributed by atoms with Gasteiger partial charge in [-0.25, -0.2) is 4.79 Å². The van der Waals surface area contributed by atoms with Gasteiger partial charge in [0, 0.05) is 13.8 Å². The van der Waals surface area contributed by atoms with Crippen LogP contribution in [0, 0.1) is 0 Å². The van der Waals surface area contributed by atoms with Gasteiger partial charge in [0.25, 0.3) is 0 Å². The van der Waals surface area contributed by atoms with Gasteiger partial charge >= 0.3 is 17.7 Å². The Labute approximate surface area is 58.1 Å². The van der Waals surface area contributed by atoms with E-state index in [1.54, 1.807) is 13.8 Å². The monoisotopic (exact) mass is 145 g/mol. The molecule has 1 aliphatic heterocycles. The van der Waals surface area contributed by atoms with Crippen LogP contribution in [-0.4, -0.2) is 16.9 Å². The molecule has 0 unspecified atom stereocenters. The van der Waals surface area contributed by atoms with Crippen LogP contribution in [0.3, 0.4) is 0 Å². The molecule has 0 aromatic carbocycles. The average molecular weight is 145 g/mol. The predicted molar refractivity (Wildman–Crippen MR) is 33.0 cm³/mol. The second-order valence-corrected chi connectivity index (χ2v) is 2.43. The van der Waals surface area contributed by atoms with Crippen molar-refractivity contribution >= 4 is 5.97 Å². The van der Waals surface area contributed by atoms with Gasteiger partial charge in [-0.15, -0.1) is 0 Å². The standard InChI is InChI=1S/C6H8O4/c1-6(2)9-4(7)3-5(8)10-6/h3,7H,1-2H3/p+1. The molecule has 0 aromatic rings. The number of carbonyl (C=O) groups excluding carboxylic acids is 1. The molecule has 0 radical (unpaired) electrons. The van der Waals surface area contributed by atoms with Crippen LogP contribution >= 0.6 is 0 Å². The van der Waals surface area contributed by atoms with Crippen molar-refractivity contribution in [2.24, 2.45) is 0 Å². The topological polar surface area (TPSA) is 58.4 Å². The molecule has 0 spiro atoms. The molecule has 56 valence electrons. The Morgan fingerprint density at radius 2 is 2.10 bits per heavy atom. The van der Waals surface area contributed by atoms with Gasteiger partial charge in [-0.3, -0.25) is 4.74 Å². The zero-order valence-corrected chi connectivity index (χ0v) is 5.80. The summed E-state index contributed by atoms with van der Waals surface area (Å²) >= 11 is 0. The van der Waals surface area contributed by atoms with Gasteiger partial charge in [0.05, 0.1) is 0 Å². The Hall–Kier alpha value is -1.19. The fourth-order valence-electron chi connectivity index (χ4n) is 0.694. The largest absolute Gasteiger partial charge is 0.566 e. The lowest BCUT2D eigenvalue weighted by atomic mass is 10.3. The molecule has 0 saturated carbocycles. The van der Waals surface area contributed by atoms with E-state index < -0.39 is 11.8 Å². The lowest BCUT2D eigenvalue weighted by Crippen LogP contribution is -2.34. The van der Waals surface area contributed by atoms with Crippen molar-refractivity contribution in [1.29, 1.82) is 0 Å². The van der Waals surface area contributed by atoms with Crippen LogP contribution in [0.2, 0.25) is 0 Å². The van der Waals surface area contributed by atoms with Crippen molar-refractivity contribution in [3.05, 3.63) is 12.0 Å². The van der Waals surface area contributed by atoms with Crippen LogP contribution in [0.4, 0.5) is 0 Å². The molecule has 1 heterocycles. The van der Waals surface area contributed by atoms with Crippen molar-refractivity contribution in [2.45, 2.75) is 19.6 Å². The van der Waals surface area contributed by atoms with Gasteiger partial charge in [0.1, 0.15) is 0 Å². The summed E-state index contributed by atoms with van der Waals surface area (Å²) in [6.07, 6.45) is 0.991. The molecule has 1 rings (SSSR count). The van der Waals surface area contributed by atoms with Crippen LogP contribution in [0.15, 0.2) is 12.0 Å². The molecule has 0 fully saturated rings. The molecule has 0 bridgehead atoms. The summed E-state index contributed by atoms with van der Waals surface area (Å²) in [7, 11) is 0. The molecule has 0 saturated heterocycles. The molecular weight excluding hydrogens is 136 g/mol. The first-order valence-corrected chi connectivity index (χ1v) is 2.85. The smallest absolute Gasteiger partial charge is 0.462 e. The van der Waals surface area contributed by atoms with E-state index in [1.165, 1.54) is 0 Å². The predicted octanol–water partition coefficient (Wildman–Crippen LogP) is -0.138. The normalized spacial score (nSPS) is 22.6. The summed E-state index contributed by atoms with van der Waals surface area (Å²) in [5, 5.41) is 7.00. The maximum absolute atomic E-state index is 10.6. The summed E-state index contributed by atoms with van der Waals surface area (Å²) in [6.45, 7) is 3.15. The second kappa shape index (κ2) is 1.90. The highest BCUT2D eigenvalue weighted by Gasteiger charge is 2.37. The molecule has 0 amide bonds. The number of hydrogen-bond donors (Lipinski definition) is 0. The molecule has 2 N–H and O–H groups in total. The minimum Gasteiger partial charge on any atom is -0.566 e. The molecule has 0 aromatic heterocycles. The van der Waals surface area contributed by atoms with Crippen LogP contribution in [-0.2, 0) is 14.3 Å². The minimum atomic E-state index is -0.983. The molecule has 4 heteroatoms. The highest BCUT2D eigenvalue weighted by molar-refractivity contribution is 5.82. The Morgan fingerprint density at radius 3 is 2.50 bits per heavy atom. The maximum Gasteiger partial charge on any atom is 0.462 e. The number of cyclic esters (lactones) is 1. The molecule has 4 nitrogen and oxygen atoms in total. The zero-order valence-electron chi connectivity index (χ0n) is 5.80. The minimum absolute atomic E-state index is 0.152. The summed E-state index contributed by atoms with van der Waals surface area (Å²) in [5.41, 5.74) is 0. The van der Waals surface area contributed by atoms with E-state index in [0.29, 0.717) is 0 Å². The number of esters is 1. The maximum atomic E-state index is 10.6. The lowest BCUT2D eigenvalue weighted by molar-refractivity contribution is -0.219. The SMILES string of the molecule is CC1(C)OC(=O)C=C([OH2+])O1. The first-order valence-electron chi connectivity index (χ1n) is 2.85. The van der Waals surface area contributed by atoms with Gasteiger partial charge in [0.15, 0.2) is 6.08 Å². The number of hydrogen-bond acceptors (Lipinski definition) is 3. The van der Waals surface area contributed by atoms with Gasteiger partial charge < -0.3 is 9.84 Å². The van der Waals surface area contributed by atoms with Crippen LogP contribution < -0.4 is 0 Å². The van der Waals surface area contributed by atoms with Crippen molar-refractivity contribution in [3.63, 3.8) is 0 Å². The van der Waals surface area contributed by atoms with E-state index in [4.69, 9.17) is 9.84 Å². The lowest BCUT2D eigenvalue weighted by Gasteiger charge is -2.20. The van der Waals surface area contributed by atoms with E-state index in [-0.39, 0.29) is 5.95 Å². The fourth-order valence-corrected chi connectivity index (χ4v) is 0.694. The van der Waals surface area contributed by atoms with Gasteiger partial charge in [-0.1, -0.05) is 0 Å². The Morgan fingerprint density at radius 1 is 1.50 bits per heavy atom. The molecule has 0 aliphatic carbocycles. The molecule has 1 aliphatic rings. The Balaban J connectivity index is 2.80. The van der Waals surface area contributed by atoms with Crippen molar-refractivity contribution < 1.29 is 19.4 Å². The van der Waals surface area contributed by atoms with Crippen molar-refractivity contribution in [2.75, 3.05) is 0 Å². The number of rotatable bonds is 0. The molecule has 0 atom stereocenters.